The summed E-state index contributed by atoms with van der Waals surface area (Å²) in [5, 5.41) is 11.1. The molecule has 0 amide bonds. The molecule has 0 fully saturated rings. The van der Waals surface area contributed by atoms with Crippen molar-refractivity contribution in [2.45, 2.75) is 0 Å². The van der Waals surface area contributed by atoms with Crippen LogP contribution in [0.15, 0.2) is 41.2 Å². The Morgan fingerprint density at radius 2 is 1.82 bits per heavy atom. The van der Waals surface area contributed by atoms with Gasteiger partial charge in [0, 0.05) is 10.9 Å². The Labute approximate surface area is 101 Å². The molecule has 0 aliphatic rings. The number of halogens is 1. The van der Waals surface area contributed by atoms with E-state index in [0.29, 0.717) is 21.8 Å². The number of benzene rings is 2. The number of aromatic nitrogens is 1. The summed E-state index contributed by atoms with van der Waals surface area (Å²) in [6.45, 7) is 0. The van der Waals surface area contributed by atoms with Crippen LogP contribution in [0.3, 0.4) is 0 Å². The van der Waals surface area contributed by atoms with Crippen molar-refractivity contribution in [1.29, 1.82) is 0 Å². The van der Waals surface area contributed by atoms with Crippen molar-refractivity contribution in [3.63, 3.8) is 0 Å². The van der Waals surface area contributed by atoms with E-state index >= 15 is 0 Å². The number of hydrogen-bond donors (Lipinski definition) is 2. The number of fused-ring (bicyclic) bond motifs is 2. The van der Waals surface area contributed by atoms with Gasteiger partial charge in [-0.2, -0.15) is 0 Å². The van der Waals surface area contributed by atoms with Crippen molar-refractivity contribution >= 4 is 33.4 Å². The number of phenolic OH excluding ortho intramolecular Hbond substituents is 1. The first kappa shape index (κ1) is 10.2. The van der Waals surface area contributed by atoms with Gasteiger partial charge in [0.1, 0.15) is 0 Å². The molecule has 2 aromatic carbocycles. The van der Waals surface area contributed by atoms with Gasteiger partial charge in [0.2, 0.25) is 0 Å². The van der Waals surface area contributed by atoms with Crippen molar-refractivity contribution in [1.82, 2.24) is 4.98 Å². The molecule has 0 saturated carbocycles. The van der Waals surface area contributed by atoms with E-state index in [1.54, 1.807) is 24.3 Å². The number of pyridine rings is 1. The monoisotopic (exact) mass is 245 g/mol. The summed E-state index contributed by atoms with van der Waals surface area (Å²) in [5.41, 5.74) is 0.949. The number of para-hydroxylation sites is 1. The van der Waals surface area contributed by atoms with Crippen LogP contribution >= 0.6 is 11.6 Å². The molecule has 0 saturated heterocycles. The van der Waals surface area contributed by atoms with Gasteiger partial charge in [-0.25, -0.2) is 0 Å². The van der Waals surface area contributed by atoms with Crippen LogP contribution in [-0.2, 0) is 0 Å². The maximum atomic E-state index is 12.2. The first-order valence-electron chi connectivity index (χ1n) is 5.10. The highest BCUT2D eigenvalue weighted by atomic mass is 35.5. The zero-order valence-electron chi connectivity index (χ0n) is 8.70. The van der Waals surface area contributed by atoms with Crippen LogP contribution in [-0.4, -0.2) is 10.1 Å². The van der Waals surface area contributed by atoms with Crippen LogP contribution < -0.4 is 5.43 Å². The molecular formula is C13H8ClNO2. The smallest absolute Gasteiger partial charge is 0.197 e. The van der Waals surface area contributed by atoms with E-state index in [1.807, 2.05) is 6.07 Å². The van der Waals surface area contributed by atoms with E-state index in [9.17, 15) is 9.90 Å². The molecule has 0 radical (unpaired) electrons. The van der Waals surface area contributed by atoms with Gasteiger partial charge in [0.25, 0.3) is 0 Å². The summed E-state index contributed by atoms with van der Waals surface area (Å²) in [6, 6.07) is 10.3. The third-order valence-electron chi connectivity index (χ3n) is 2.80. The lowest BCUT2D eigenvalue weighted by atomic mass is 10.1. The Hall–Kier alpha value is -2.00. The average Bonchev–Trinajstić information content (AvgIpc) is 2.35. The van der Waals surface area contributed by atoms with E-state index < -0.39 is 0 Å². The minimum atomic E-state index is -0.110. The van der Waals surface area contributed by atoms with Crippen LogP contribution in [0.4, 0.5) is 0 Å². The lowest BCUT2D eigenvalue weighted by Crippen LogP contribution is -2.03. The quantitative estimate of drug-likeness (QED) is 0.598. The molecule has 3 rings (SSSR count). The minimum Gasteiger partial charge on any atom is -0.504 e. The molecule has 0 bridgehead atoms. The van der Waals surface area contributed by atoms with Crippen molar-refractivity contribution in [2.75, 3.05) is 0 Å². The fraction of sp³-hybridized carbons (Fsp3) is 0. The Bertz CT molecular complexity index is 792. The molecule has 0 aliphatic heterocycles. The molecule has 84 valence electrons. The number of aromatic amines is 1. The molecule has 3 nitrogen and oxygen atoms in total. The summed E-state index contributed by atoms with van der Waals surface area (Å²) in [4.78, 5) is 15.2. The van der Waals surface area contributed by atoms with Crippen molar-refractivity contribution < 1.29 is 5.11 Å². The zero-order valence-corrected chi connectivity index (χ0v) is 9.45. The van der Waals surface area contributed by atoms with Crippen LogP contribution in [0.5, 0.6) is 5.75 Å². The summed E-state index contributed by atoms with van der Waals surface area (Å²) >= 11 is 5.82. The SMILES string of the molecule is O=c1c2ccccc2[nH]c2c(O)c(Cl)ccc12. The second kappa shape index (κ2) is 3.50. The molecule has 1 aromatic heterocycles. The Morgan fingerprint density at radius 3 is 2.65 bits per heavy atom. The number of aromatic hydroxyl groups is 1. The first-order valence-corrected chi connectivity index (χ1v) is 5.48. The van der Waals surface area contributed by atoms with E-state index in [1.165, 1.54) is 6.07 Å². The van der Waals surface area contributed by atoms with Gasteiger partial charge >= 0.3 is 0 Å². The number of H-pyrrole nitrogens is 1. The van der Waals surface area contributed by atoms with E-state index in [0.717, 1.165) is 0 Å². The molecule has 17 heavy (non-hydrogen) atoms. The van der Waals surface area contributed by atoms with Crippen molar-refractivity contribution in [3.8, 4) is 5.75 Å². The molecule has 2 N–H and O–H groups in total. The molecule has 0 spiro atoms. The maximum Gasteiger partial charge on any atom is 0.197 e. The highest BCUT2D eigenvalue weighted by Crippen LogP contribution is 2.30. The standard InChI is InChI=1S/C13H8ClNO2/c14-9-6-5-8-11(13(9)17)15-10-4-2-1-3-7(10)12(8)16/h1-6,17H,(H,15,16). The van der Waals surface area contributed by atoms with Crippen molar-refractivity contribution in [2.24, 2.45) is 0 Å². The third-order valence-corrected chi connectivity index (χ3v) is 3.11. The second-order valence-corrected chi connectivity index (χ2v) is 4.23. The predicted molar refractivity (Wildman–Crippen MR) is 68.7 cm³/mol. The van der Waals surface area contributed by atoms with Gasteiger partial charge in [-0.1, -0.05) is 23.7 Å². The van der Waals surface area contributed by atoms with E-state index in [-0.39, 0.29) is 16.2 Å². The average molecular weight is 246 g/mol. The summed E-state index contributed by atoms with van der Waals surface area (Å²) in [6.07, 6.45) is 0. The molecule has 0 unspecified atom stereocenters. The van der Waals surface area contributed by atoms with E-state index in [4.69, 9.17) is 11.6 Å². The number of hydrogen-bond acceptors (Lipinski definition) is 2. The maximum absolute atomic E-state index is 12.2. The number of phenols is 1. The molecule has 3 aromatic rings. The third kappa shape index (κ3) is 1.40. The van der Waals surface area contributed by atoms with Crippen LogP contribution in [0, 0.1) is 0 Å². The largest absolute Gasteiger partial charge is 0.504 e. The molecule has 0 aliphatic carbocycles. The first-order chi connectivity index (χ1) is 8.18. The minimum absolute atomic E-state index is 0.0907. The highest BCUT2D eigenvalue weighted by molar-refractivity contribution is 6.33. The lowest BCUT2D eigenvalue weighted by Gasteiger charge is -2.05. The van der Waals surface area contributed by atoms with Crippen LogP contribution in [0.2, 0.25) is 5.02 Å². The molecule has 4 heteroatoms. The fourth-order valence-corrected chi connectivity index (χ4v) is 2.11. The molecule has 1 heterocycles. The zero-order chi connectivity index (χ0) is 12.0. The van der Waals surface area contributed by atoms with Gasteiger partial charge in [0.15, 0.2) is 11.2 Å². The summed E-state index contributed by atoms with van der Waals surface area (Å²) in [7, 11) is 0. The molecular weight excluding hydrogens is 238 g/mol. The van der Waals surface area contributed by atoms with Crippen molar-refractivity contribution in [3.05, 3.63) is 51.6 Å². The summed E-state index contributed by atoms with van der Waals surface area (Å²) in [5.74, 6) is -0.0907. The lowest BCUT2D eigenvalue weighted by molar-refractivity contribution is 0.481. The number of nitrogens with one attached hydrogen (secondary N) is 1. The molecule has 0 atom stereocenters. The Kier molecular flexibility index (Phi) is 2.09. The van der Waals surface area contributed by atoms with Gasteiger partial charge in [-0.3, -0.25) is 4.79 Å². The normalized spacial score (nSPS) is 11.1. The van der Waals surface area contributed by atoms with Gasteiger partial charge in [0.05, 0.1) is 15.9 Å². The summed E-state index contributed by atoms with van der Waals surface area (Å²) < 4.78 is 0. The second-order valence-electron chi connectivity index (χ2n) is 3.82. The number of rotatable bonds is 0. The van der Waals surface area contributed by atoms with Gasteiger partial charge in [-0.05, 0) is 24.3 Å². The van der Waals surface area contributed by atoms with Crippen LogP contribution in [0.1, 0.15) is 0 Å². The Balaban J connectivity index is 2.64. The fourth-order valence-electron chi connectivity index (χ4n) is 1.95. The highest BCUT2D eigenvalue weighted by Gasteiger charge is 2.10. The topological polar surface area (TPSA) is 53.1 Å². The predicted octanol–water partition coefficient (Wildman–Crippen LogP) is 3.04. The van der Waals surface area contributed by atoms with Gasteiger partial charge in [-0.15, -0.1) is 0 Å². The van der Waals surface area contributed by atoms with Crippen LogP contribution in [0.25, 0.3) is 21.8 Å². The Morgan fingerprint density at radius 1 is 1.06 bits per heavy atom. The van der Waals surface area contributed by atoms with Gasteiger partial charge < -0.3 is 10.1 Å². The van der Waals surface area contributed by atoms with E-state index in [2.05, 4.69) is 4.98 Å².